The van der Waals surface area contributed by atoms with Gasteiger partial charge in [0.05, 0.1) is 5.56 Å². The van der Waals surface area contributed by atoms with Crippen molar-refractivity contribution in [2.24, 2.45) is 4.99 Å². The number of nitrogens with zero attached hydrogens (tertiary/aromatic N) is 3. The summed E-state index contributed by atoms with van der Waals surface area (Å²) < 4.78 is 0. The van der Waals surface area contributed by atoms with E-state index in [2.05, 4.69) is 28.1 Å². The molecule has 0 bridgehead atoms. The number of hydrogen-bond acceptors (Lipinski definition) is 4. The zero-order valence-electron chi connectivity index (χ0n) is 12.1. The summed E-state index contributed by atoms with van der Waals surface area (Å²) in [6.07, 6.45) is 1.81. The van der Waals surface area contributed by atoms with Gasteiger partial charge in [-0.05, 0) is 37.1 Å². The third kappa shape index (κ3) is 2.89. The summed E-state index contributed by atoms with van der Waals surface area (Å²) in [6.45, 7) is 3.99. The van der Waals surface area contributed by atoms with Gasteiger partial charge in [-0.1, -0.05) is 12.1 Å². The lowest BCUT2D eigenvalue weighted by Crippen LogP contribution is -2.08. The number of aliphatic imine (C=N–C) groups is 1. The van der Waals surface area contributed by atoms with Crippen LogP contribution >= 0.6 is 11.3 Å². The molecule has 0 amide bonds. The van der Waals surface area contributed by atoms with Crippen LogP contribution in [0, 0.1) is 25.2 Å². The molecular formula is C16H17N3S. The standard InChI is InChI=1S/C16H17N3S/c1-11-12(2)20-16(15(11)9-17)18-10-13-5-7-14(8-6-13)19(3)4/h5-8,10H,1-4H3/b18-10+. The molecule has 0 unspecified atom stereocenters. The SMILES string of the molecule is Cc1sc(/N=C/c2ccc(N(C)C)cc2)c(C#N)c1C. The second-order valence-corrected chi connectivity index (χ2v) is 6.02. The third-order valence-electron chi connectivity index (χ3n) is 3.22. The van der Waals surface area contributed by atoms with E-state index in [0.717, 1.165) is 26.7 Å². The summed E-state index contributed by atoms with van der Waals surface area (Å²) in [4.78, 5) is 7.67. The number of hydrogen-bond donors (Lipinski definition) is 0. The summed E-state index contributed by atoms with van der Waals surface area (Å²) in [5, 5.41) is 9.98. The maximum absolute atomic E-state index is 9.18. The lowest BCUT2D eigenvalue weighted by atomic mass is 10.2. The minimum atomic E-state index is 0.689. The van der Waals surface area contributed by atoms with E-state index in [1.165, 1.54) is 0 Å². The molecule has 0 radical (unpaired) electrons. The number of anilines is 1. The van der Waals surface area contributed by atoms with E-state index in [9.17, 15) is 5.26 Å². The molecule has 1 heterocycles. The Morgan fingerprint density at radius 1 is 1.20 bits per heavy atom. The molecule has 0 spiro atoms. The fraction of sp³-hybridized carbons (Fsp3) is 0.250. The molecule has 20 heavy (non-hydrogen) atoms. The van der Waals surface area contributed by atoms with Gasteiger partial charge in [0.2, 0.25) is 0 Å². The van der Waals surface area contributed by atoms with Crippen LogP contribution in [0.4, 0.5) is 10.7 Å². The molecular weight excluding hydrogens is 266 g/mol. The molecule has 0 atom stereocenters. The zero-order chi connectivity index (χ0) is 14.7. The van der Waals surface area contributed by atoms with Crippen LogP contribution in [-0.4, -0.2) is 20.3 Å². The highest BCUT2D eigenvalue weighted by molar-refractivity contribution is 7.16. The second kappa shape index (κ2) is 5.89. The summed E-state index contributed by atoms with van der Waals surface area (Å²) >= 11 is 1.56. The van der Waals surface area contributed by atoms with Crippen molar-refractivity contribution in [2.45, 2.75) is 13.8 Å². The van der Waals surface area contributed by atoms with Crippen molar-refractivity contribution in [3.63, 3.8) is 0 Å². The molecule has 0 saturated carbocycles. The molecule has 102 valence electrons. The second-order valence-electron chi connectivity index (χ2n) is 4.82. The van der Waals surface area contributed by atoms with Crippen molar-refractivity contribution in [1.29, 1.82) is 5.26 Å². The van der Waals surface area contributed by atoms with Crippen molar-refractivity contribution in [3.05, 3.63) is 45.8 Å². The highest BCUT2D eigenvalue weighted by atomic mass is 32.1. The average Bonchev–Trinajstić information content (AvgIpc) is 2.71. The molecule has 4 heteroatoms. The lowest BCUT2D eigenvalue weighted by molar-refractivity contribution is 1.13. The molecule has 0 fully saturated rings. The van der Waals surface area contributed by atoms with Crippen molar-refractivity contribution in [2.75, 3.05) is 19.0 Å². The number of nitriles is 1. The Hall–Kier alpha value is -2.12. The first kappa shape index (κ1) is 14.3. The van der Waals surface area contributed by atoms with E-state index >= 15 is 0 Å². The summed E-state index contributed by atoms with van der Waals surface area (Å²) in [7, 11) is 4.03. The van der Waals surface area contributed by atoms with Gasteiger partial charge >= 0.3 is 0 Å². The van der Waals surface area contributed by atoms with Crippen LogP contribution in [0.1, 0.15) is 21.6 Å². The molecule has 0 aliphatic carbocycles. The van der Waals surface area contributed by atoms with Crippen LogP contribution in [0.15, 0.2) is 29.3 Å². The number of thiophene rings is 1. The van der Waals surface area contributed by atoms with Crippen LogP contribution in [0.5, 0.6) is 0 Å². The van der Waals surface area contributed by atoms with Crippen LogP contribution in [-0.2, 0) is 0 Å². The van der Waals surface area contributed by atoms with Crippen LogP contribution in [0.25, 0.3) is 0 Å². The number of rotatable bonds is 3. The molecule has 1 aromatic heterocycles. The van der Waals surface area contributed by atoms with E-state index in [0.29, 0.717) is 5.56 Å². The Morgan fingerprint density at radius 2 is 1.85 bits per heavy atom. The summed E-state index contributed by atoms with van der Waals surface area (Å²) in [5.74, 6) is 0. The highest BCUT2D eigenvalue weighted by Crippen LogP contribution is 2.33. The predicted molar refractivity (Wildman–Crippen MR) is 86.5 cm³/mol. The van der Waals surface area contributed by atoms with Crippen LogP contribution in [0.2, 0.25) is 0 Å². The Balaban J connectivity index is 2.26. The maximum atomic E-state index is 9.18. The quantitative estimate of drug-likeness (QED) is 0.797. The third-order valence-corrected chi connectivity index (χ3v) is 4.33. The molecule has 3 nitrogen and oxygen atoms in total. The van der Waals surface area contributed by atoms with E-state index in [-0.39, 0.29) is 0 Å². The van der Waals surface area contributed by atoms with Gasteiger partial charge in [-0.3, -0.25) is 0 Å². The van der Waals surface area contributed by atoms with Crippen molar-refractivity contribution in [3.8, 4) is 6.07 Å². The Bertz CT molecular complexity index is 673. The van der Waals surface area contributed by atoms with E-state index in [1.807, 2.05) is 46.3 Å². The van der Waals surface area contributed by atoms with E-state index < -0.39 is 0 Å². The smallest absolute Gasteiger partial charge is 0.134 e. The number of benzene rings is 1. The van der Waals surface area contributed by atoms with Crippen LogP contribution < -0.4 is 4.90 Å². The first-order valence-electron chi connectivity index (χ1n) is 6.34. The summed E-state index contributed by atoms with van der Waals surface area (Å²) in [6, 6.07) is 10.4. The molecule has 0 aliphatic heterocycles. The number of aryl methyl sites for hydroxylation is 1. The van der Waals surface area contributed by atoms with Crippen molar-refractivity contribution >= 4 is 28.2 Å². The van der Waals surface area contributed by atoms with E-state index in [4.69, 9.17) is 0 Å². The first-order valence-corrected chi connectivity index (χ1v) is 7.16. The lowest BCUT2D eigenvalue weighted by Gasteiger charge is -2.11. The van der Waals surface area contributed by atoms with Gasteiger partial charge in [0.25, 0.3) is 0 Å². The van der Waals surface area contributed by atoms with Gasteiger partial charge < -0.3 is 4.90 Å². The fourth-order valence-corrected chi connectivity index (χ4v) is 2.77. The zero-order valence-corrected chi connectivity index (χ0v) is 13.0. The largest absolute Gasteiger partial charge is 0.378 e. The molecule has 2 rings (SSSR count). The van der Waals surface area contributed by atoms with Crippen molar-refractivity contribution in [1.82, 2.24) is 0 Å². The van der Waals surface area contributed by atoms with Gasteiger partial charge in [0.1, 0.15) is 11.1 Å². The Labute approximate surface area is 123 Å². The minimum Gasteiger partial charge on any atom is -0.378 e. The van der Waals surface area contributed by atoms with Gasteiger partial charge in [0, 0.05) is 30.9 Å². The topological polar surface area (TPSA) is 39.4 Å². The van der Waals surface area contributed by atoms with E-state index in [1.54, 1.807) is 11.3 Å². The highest BCUT2D eigenvalue weighted by Gasteiger charge is 2.10. The first-order chi connectivity index (χ1) is 9.52. The molecule has 2 aromatic rings. The van der Waals surface area contributed by atoms with Crippen LogP contribution in [0.3, 0.4) is 0 Å². The maximum Gasteiger partial charge on any atom is 0.134 e. The monoisotopic (exact) mass is 283 g/mol. The predicted octanol–water partition coefficient (Wildman–Crippen LogP) is 4.05. The average molecular weight is 283 g/mol. The minimum absolute atomic E-state index is 0.689. The molecule has 0 N–H and O–H groups in total. The molecule has 0 saturated heterocycles. The van der Waals surface area contributed by atoms with Crippen molar-refractivity contribution < 1.29 is 0 Å². The normalized spacial score (nSPS) is 10.8. The Morgan fingerprint density at radius 3 is 2.40 bits per heavy atom. The van der Waals surface area contributed by atoms with Gasteiger partial charge in [-0.15, -0.1) is 11.3 Å². The molecule has 1 aromatic carbocycles. The Kier molecular flexibility index (Phi) is 4.21. The summed E-state index contributed by atoms with van der Waals surface area (Å²) in [5.41, 5.74) is 3.91. The van der Waals surface area contributed by atoms with Gasteiger partial charge in [0.15, 0.2) is 0 Å². The molecule has 0 aliphatic rings. The van der Waals surface area contributed by atoms with Gasteiger partial charge in [-0.2, -0.15) is 5.26 Å². The van der Waals surface area contributed by atoms with Gasteiger partial charge in [-0.25, -0.2) is 4.99 Å². The fourth-order valence-electron chi connectivity index (χ4n) is 1.82.